The minimum atomic E-state index is -0.787. The first kappa shape index (κ1) is 19.0. The van der Waals surface area contributed by atoms with Crippen LogP contribution in [0.1, 0.15) is 0 Å². The number of nitrogens with one attached hydrogen (secondary N) is 1. The molecule has 2 aromatic carbocycles. The Kier molecular flexibility index (Phi) is 5.59. The highest BCUT2D eigenvalue weighted by Gasteiger charge is 2.11. The van der Waals surface area contributed by atoms with E-state index in [0.29, 0.717) is 22.9 Å². The highest BCUT2D eigenvalue weighted by Crippen LogP contribution is 2.25. The fourth-order valence-corrected chi connectivity index (χ4v) is 2.66. The van der Waals surface area contributed by atoms with E-state index in [-0.39, 0.29) is 6.54 Å². The van der Waals surface area contributed by atoms with Crippen LogP contribution in [0.2, 0.25) is 0 Å². The minimum Gasteiger partial charge on any atom is -0.497 e. The topological polar surface area (TPSA) is 91.6 Å². The molecule has 0 bridgehead atoms. The number of aromatic nitrogens is 2. The van der Waals surface area contributed by atoms with Crippen molar-refractivity contribution in [2.45, 2.75) is 6.54 Å². The van der Waals surface area contributed by atoms with Gasteiger partial charge in [-0.1, -0.05) is 18.2 Å². The Hall–Kier alpha value is -3.81. The van der Waals surface area contributed by atoms with Crippen molar-refractivity contribution in [2.24, 2.45) is 0 Å². The summed E-state index contributed by atoms with van der Waals surface area (Å²) in [6.45, 7) is -0.302. The number of anilines is 1. The van der Waals surface area contributed by atoms with Gasteiger partial charge in [-0.25, -0.2) is 0 Å². The number of amides is 1. The lowest BCUT2D eigenvalue weighted by atomic mass is 10.2. The van der Waals surface area contributed by atoms with E-state index in [1.807, 2.05) is 6.07 Å². The zero-order valence-corrected chi connectivity index (χ0v) is 15.4. The summed E-state index contributed by atoms with van der Waals surface area (Å²) in [4.78, 5) is 37.1. The van der Waals surface area contributed by atoms with Crippen LogP contribution in [0.3, 0.4) is 0 Å². The van der Waals surface area contributed by atoms with E-state index in [0.717, 1.165) is 4.57 Å². The molecule has 0 spiro atoms. The first-order valence-corrected chi connectivity index (χ1v) is 8.42. The van der Waals surface area contributed by atoms with Crippen molar-refractivity contribution < 1.29 is 14.3 Å². The first-order chi connectivity index (χ1) is 13.5. The lowest BCUT2D eigenvalue weighted by Gasteiger charge is -2.11. The second kappa shape index (κ2) is 8.26. The molecule has 1 heterocycles. The number of benzene rings is 2. The van der Waals surface area contributed by atoms with Crippen molar-refractivity contribution in [3.05, 3.63) is 81.6 Å². The molecule has 8 heteroatoms. The molecule has 0 atom stereocenters. The van der Waals surface area contributed by atoms with E-state index in [1.54, 1.807) is 42.5 Å². The largest absolute Gasteiger partial charge is 0.497 e. The average molecular weight is 381 g/mol. The number of methoxy groups -OCH3 is 2. The van der Waals surface area contributed by atoms with Crippen LogP contribution in [-0.4, -0.2) is 29.3 Å². The number of hydrogen-bond donors (Lipinski definition) is 1. The predicted octanol–water partition coefficient (Wildman–Crippen LogP) is 1.66. The molecule has 0 saturated carbocycles. The van der Waals surface area contributed by atoms with Gasteiger partial charge in [0.25, 0.3) is 0 Å². The third kappa shape index (κ3) is 4.12. The van der Waals surface area contributed by atoms with Gasteiger partial charge in [0.05, 0.1) is 14.2 Å². The van der Waals surface area contributed by atoms with Crippen LogP contribution >= 0.6 is 0 Å². The number of nitrogens with zero attached hydrogens (tertiary/aromatic N) is 2. The van der Waals surface area contributed by atoms with Gasteiger partial charge in [-0.05, 0) is 12.1 Å². The zero-order valence-electron chi connectivity index (χ0n) is 15.4. The van der Waals surface area contributed by atoms with Crippen LogP contribution in [0.5, 0.6) is 11.5 Å². The van der Waals surface area contributed by atoms with Gasteiger partial charge in [0.2, 0.25) is 5.91 Å². The van der Waals surface area contributed by atoms with Crippen LogP contribution < -0.4 is 25.9 Å². The zero-order chi connectivity index (χ0) is 20.1. The van der Waals surface area contributed by atoms with Gasteiger partial charge in [-0.2, -0.15) is 0 Å². The maximum absolute atomic E-state index is 12.4. The standard InChI is InChI=1S/C20H19N3O5/c1-27-16-10-14(11-17(12-16)28-2)21-18(24)13-22-8-9-23(20(26)19(22)25)15-6-4-3-5-7-15/h3-12H,13H2,1-2H3,(H,21,24). The quantitative estimate of drug-likeness (QED) is 0.656. The van der Waals surface area contributed by atoms with Crippen LogP contribution in [0.4, 0.5) is 5.69 Å². The Morgan fingerprint density at radius 2 is 1.57 bits per heavy atom. The van der Waals surface area contributed by atoms with E-state index < -0.39 is 17.0 Å². The molecule has 1 aromatic heterocycles. The number of carbonyl (C=O) groups is 1. The van der Waals surface area contributed by atoms with Gasteiger partial charge < -0.3 is 14.8 Å². The number of hydrogen-bond acceptors (Lipinski definition) is 5. The van der Waals surface area contributed by atoms with Crippen molar-refractivity contribution in [2.75, 3.05) is 19.5 Å². The number of para-hydroxylation sites is 1. The Labute approximate surface area is 160 Å². The average Bonchev–Trinajstić information content (AvgIpc) is 2.71. The second-order valence-corrected chi connectivity index (χ2v) is 5.89. The molecular weight excluding hydrogens is 362 g/mol. The summed E-state index contributed by atoms with van der Waals surface area (Å²) >= 11 is 0. The number of ether oxygens (including phenoxy) is 2. The fourth-order valence-electron chi connectivity index (χ4n) is 2.66. The monoisotopic (exact) mass is 381 g/mol. The van der Waals surface area contributed by atoms with Gasteiger partial charge in [0.1, 0.15) is 18.0 Å². The molecule has 0 saturated heterocycles. The van der Waals surface area contributed by atoms with Gasteiger partial charge in [0.15, 0.2) is 0 Å². The molecule has 0 radical (unpaired) electrons. The molecule has 144 valence electrons. The van der Waals surface area contributed by atoms with Crippen LogP contribution in [0, 0.1) is 0 Å². The summed E-state index contributed by atoms with van der Waals surface area (Å²) in [6.07, 6.45) is 2.86. The molecule has 1 amide bonds. The molecule has 0 unspecified atom stereocenters. The Morgan fingerprint density at radius 3 is 2.18 bits per heavy atom. The maximum Gasteiger partial charge on any atom is 0.320 e. The van der Waals surface area contributed by atoms with Gasteiger partial charge in [-0.3, -0.25) is 23.5 Å². The first-order valence-electron chi connectivity index (χ1n) is 8.42. The third-order valence-electron chi connectivity index (χ3n) is 4.04. The van der Waals surface area contributed by atoms with Crippen LogP contribution in [0.25, 0.3) is 5.69 Å². The third-order valence-corrected chi connectivity index (χ3v) is 4.04. The molecule has 0 aliphatic heterocycles. The summed E-state index contributed by atoms with van der Waals surface area (Å²) in [5.74, 6) is 0.559. The van der Waals surface area contributed by atoms with E-state index in [2.05, 4.69) is 5.32 Å². The fraction of sp³-hybridized carbons (Fsp3) is 0.150. The smallest absolute Gasteiger partial charge is 0.320 e. The van der Waals surface area contributed by atoms with Gasteiger partial charge in [-0.15, -0.1) is 0 Å². The van der Waals surface area contributed by atoms with E-state index in [4.69, 9.17) is 9.47 Å². The summed E-state index contributed by atoms with van der Waals surface area (Å²) in [6, 6.07) is 13.7. The minimum absolute atomic E-state index is 0.302. The van der Waals surface area contributed by atoms with Crippen molar-refractivity contribution >= 4 is 11.6 Å². The molecule has 3 rings (SSSR count). The van der Waals surface area contributed by atoms with E-state index in [1.165, 1.54) is 31.2 Å². The summed E-state index contributed by atoms with van der Waals surface area (Å²) < 4.78 is 12.6. The Bertz CT molecular complexity index is 1080. The number of rotatable bonds is 6. The van der Waals surface area contributed by atoms with Crippen LogP contribution in [0.15, 0.2) is 70.5 Å². The summed E-state index contributed by atoms with van der Waals surface area (Å²) in [7, 11) is 3.00. The van der Waals surface area contributed by atoms with E-state index >= 15 is 0 Å². The summed E-state index contributed by atoms with van der Waals surface area (Å²) in [5, 5.41) is 2.67. The molecule has 0 fully saturated rings. The van der Waals surface area contributed by atoms with Crippen molar-refractivity contribution in [1.82, 2.24) is 9.13 Å². The maximum atomic E-state index is 12.4. The Morgan fingerprint density at radius 1 is 0.929 bits per heavy atom. The lowest BCUT2D eigenvalue weighted by molar-refractivity contribution is -0.116. The second-order valence-electron chi connectivity index (χ2n) is 5.89. The molecule has 8 nitrogen and oxygen atoms in total. The van der Waals surface area contributed by atoms with Crippen molar-refractivity contribution in [3.63, 3.8) is 0 Å². The normalized spacial score (nSPS) is 10.4. The molecule has 1 N–H and O–H groups in total. The Balaban J connectivity index is 1.81. The van der Waals surface area contributed by atoms with Crippen molar-refractivity contribution in [3.8, 4) is 17.2 Å². The molecule has 3 aromatic rings. The lowest BCUT2D eigenvalue weighted by Crippen LogP contribution is -2.41. The summed E-state index contributed by atoms with van der Waals surface area (Å²) in [5.41, 5.74) is -0.495. The highest BCUT2D eigenvalue weighted by molar-refractivity contribution is 5.91. The molecule has 0 aliphatic carbocycles. The van der Waals surface area contributed by atoms with Crippen LogP contribution in [-0.2, 0) is 11.3 Å². The molecular formula is C20H19N3O5. The SMILES string of the molecule is COc1cc(NC(=O)Cn2ccn(-c3ccccc3)c(=O)c2=O)cc(OC)c1. The van der Waals surface area contributed by atoms with Gasteiger partial charge in [0, 0.05) is 42.0 Å². The van der Waals surface area contributed by atoms with E-state index in [9.17, 15) is 14.4 Å². The molecule has 0 aliphatic rings. The van der Waals surface area contributed by atoms with Crippen molar-refractivity contribution in [1.29, 1.82) is 0 Å². The highest BCUT2D eigenvalue weighted by atomic mass is 16.5. The van der Waals surface area contributed by atoms with Gasteiger partial charge >= 0.3 is 11.1 Å². The molecule has 28 heavy (non-hydrogen) atoms. The number of carbonyl (C=O) groups excluding carboxylic acids is 1. The predicted molar refractivity (Wildman–Crippen MR) is 104 cm³/mol.